The first kappa shape index (κ1) is 14.3. The van der Waals surface area contributed by atoms with E-state index in [0.29, 0.717) is 5.56 Å². The van der Waals surface area contributed by atoms with Gasteiger partial charge in [0.2, 0.25) is 0 Å². The largest absolute Gasteiger partial charge is 0.465 e. The van der Waals surface area contributed by atoms with Gasteiger partial charge in [-0.05, 0) is 65.1 Å². The summed E-state index contributed by atoms with van der Waals surface area (Å²) in [6, 6.07) is 18.4. The molecule has 0 amide bonds. The minimum Gasteiger partial charge on any atom is -0.465 e. The number of ether oxygens (including phenoxy) is 1. The Balaban J connectivity index is 2.06. The molecule has 0 radical (unpaired) electrons. The van der Waals surface area contributed by atoms with Crippen LogP contribution in [0, 0.1) is 13.8 Å². The zero-order chi connectivity index (χ0) is 15.7. The molecule has 3 aromatic rings. The topological polar surface area (TPSA) is 26.3 Å². The van der Waals surface area contributed by atoms with Crippen molar-refractivity contribution in [2.75, 3.05) is 7.11 Å². The van der Waals surface area contributed by atoms with E-state index in [1.807, 2.05) is 18.2 Å². The minimum absolute atomic E-state index is 0.305. The summed E-state index contributed by atoms with van der Waals surface area (Å²) in [4.78, 5) is 11.6. The fraction of sp³-hybridized carbons (Fsp3) is 0.150. The molecule has 3 rings (SSSR count). The maximum absolute atomic E-state index is 11.6. The van der Waals surface area contributed by atoms with Crippen LogP contribution in [-0.2, 0) is 4.74 Å². The van der Waals surface area contributed by atoms with Gasteiger partial charge in [0.15, 0.2) is 0 Å². The lowest BCUT2D eigenvalue weighted by Crippen LogP contribution is -2.00. The van der Waals surface area contributed by atoms with Crippen LogP contribution < -0.4 is 0 Å². The van der Waals surface area contributed by atoms with Crippen LogP contribution in [0.4, 0.5) is 0 Å². The summed E-state index contributed by atoms with van der Waals surface area (Å²) in [5.41, 5.74) is 5.56. The van der Waals surface area contributed by atoms with Crippen molar-refractivity contribution >= 4 is 16.7 Å². The summed E-state index contributed by atoms with van der Waals surface area (Å²) in [7, 11) is 1.40. The van der Waals surface area contributed by atoms with Crippen LogP contribution in [0.3, 0.4) is 0 Å². The van der Waals surface area contributed by atoms with Gasteiger partial charge in [-0.25, -0.2) is 4.79 Å². The lowest BCUT2D eigenvalue weighted by Gasteiger charge is -2.08. The molecule has 110 valence electrons. The van der Waals surface area contributed by atoms with Gasteiger partial charge in [0, 0.05) is 0 Å². The summed E-state index contributed by atoms with van der Waals surface area (Å²) in [6.07, 6.45) is 0. The van der Waals surface area contributed by atoms with Gasteiger partial charge in [0.05, 0.1) is 12.7 Å². The van der Waals surface area contributed by atoms with E-state index in [4.69, 9.17) is 4.74 Å². The van der Waals surface area contributed by atoms with Gasteiger partial charge in [0.1, 0.15) is 0 Å². The van der Waals surface area contributed by atoms with E-state index in [0.717, 1.165) is 10.8 Å². The van der Waals surface area contributed by atoms with Crippen LogP contribution in [-0.4, -0.2) is 13.1 Å². The SMILES string of the molecule is COC(=O)c1ccc2cc(-c3ccc(C)c(C)c3)ccc2c1. The van der Waals surface area contributed by atoms with E-state index in [1.165, 1.54) is 29.4 Å². The number of carbonyl (C=O) groups is 1. The lowest BCUT2D eigenvalue weighted by atomic mass is 9.97. The number of carbonyl (C=O) groups excluding carboxylic acids is 1. The van der Waals surface area contributed by atoms with Crippen molar-refractivity contribution in [1.82, 2.24) is 0 Å². The van der Waals surface area contributed by atoms with Crippen LogP contribution in [0.15, 0.2) is 54.6 Å². The average molecular weight is 290 g/mol. The molecule has 2 nitrogen and oxygen atoms in total. The smallest absolute Gasteiger partial charge is 0.337 e. The highest BCUT2D eigenvalue weighted by Crippen LogP contribution is 2.26. The molecule has 0 aliphatic carbocycles. The van der Waals surface area contributed by atoms with Crippen LogP contribution in [0.25, 0.3) is 21.9 Å². The summed E-state index contributed by atoms with van der Waals surface area (Å²) in [5, 5.41) is 2.15. The Bertz CT molecular complexity index is 863. The summed E-state index contributed by atoms with van der Waals surface area (Å²) in [5.74, 6) is -0.305. The Kier molecular flexibility index (Phi) is 3.68. The van der Waals surface area contributed by atoms with E-state index in [-0.39, 0.29) is 5.97 Å². The maximum Gasteiger partial charge on any atom is 0.337 e. The number of rotatable bonds is 2. The van der Waals surface area contributed by atoms with Crippen molar-refractivity contribution in [2.45, 2.75) is 13.8 Å². The fourth-order valence-electron chi connectivity index (χ4n) is 2.59. The van der Waals surface area contributed by atoms with Crippen molar-refractivity contribution in [3.05, 3.63) is 71.3 Å². The predicted molar refractivity (Wildman–Crippen MR) is 90.2 cm³/mol. The van der Waals surface area contributed by atoms with Crippen molar-refractivity contribution in [3.8, 4) is 11.1 Å². The van der Waals surface area contributed by atoms with Crippen molar-refractivity contribution < 1.29 is 9.53 Å². The molecule has 0 bridgehead atoms. The van der Waals surface area contributed by atoms with Gasteiger partial charge in [-0.3, -0.25) is 0 Å². The van der Waals surface area contributed by atoms with Gasteiger partial charge in [-0.15, -0.1) is 0 Å². The molecule has 22 heavy (non-hydrogen) atoms. The molecule has 3 aromatic carbocycles. The summed E-state index contributed by atoms with van der Waals surface area (Å²) in [6.45, 7) is 4.25. The molecule has 2 heteroatoms. The lowest BCUT2D eigenvalue weighted by molar-refractivity contribution is 0.0601. The number of aryl methyl sites for hydroxylation is 2. The molecule has 0 aliphatic rings. The molecule has 0 saturated carbocycles. The standard InChI is InChI=1S/C20H18O2/c1-13-4-5-15(10-14(13)2)16-6-7-18-12-19(20(21)22-3)9-8-17(18)11-16/h4-12H,1-3H3. The Morgan fingerprint density at radius 3 is 2.14 bits per heavy atom. The zero-order valence-corrected chi connectivity index (χ0v) is 13.0. The molecular weight excluding hydrogens is 272 g/mol. The van der Waals surface area contributed by atoms with Crippen molar-refractivity contribution in [3.63, 3.8) is 0 Å². The number of hydrogen-bond acceptors (Lipinski definition) is 2. The number of benzene rings is 3. The number of fused-ring (bicyclic) bond motifs is 1. The van der Waals surface area contributed by atoms with Gasteiger partial charge < -0.3 is 4.74 Å². The molecule has 0 unspecified atom stereocenters. The monoisotopic (exact) mass is 290 g/mol. The first-order valence-electron chi connectivity index (χ1n) is 7.28. The van der Waals surface area contributed by atoms with E-state index < -0.39 is 0 Å². The predicted octanol–water partition coefficient (Wildman–Crippen LogP) is 4.91. The molecule has 0 atom stereocenters. The molecule has 0 fully saturated rings. The highest BCUT2D eigenvalue weighted by atomic mass is 16.5. The zero-order valence-electron chi connectivity index (χ0n) is 13.0. The van der Waals surface area contributed by atoms with E-state index in [2.05, 4.69) is 44.2 Å². The molecule has 0 spiro atoms. The first-order valence-corrected chi connectivity index (χ1v) is 7.28. The molecule has 0 saturated heterocycles. The number of methoxy groups -OCH3 is 1. The third-order valence-electron chi connectivity index (χ3n) is 4.10. The second-order valence-corrected chi connectivity index (χ2v) is 5.57. The van der Waals surface area contributed by atoms with Gasteiger partial charge in [-0.2, -0.15) is 0 Å². The Morgan fingerprint density at radius 2 is 1.41 bits per heavy atom. The van der Waals surface area contributed by atoms with Crippen LogP contribution >= 0.6 is 0 Å². The first-order chi connectivity index (χ1) is 10.6. The van der Waals surface area contributed by atoms with E-state index in [1.54, 1.807) is 6.07 Å². The minimum atomic E-state index is -0.305. The normalized spacial score (nSPS) is 10.7. The van der Waals surface area contributed by atoms with Crippen LogP contribution in [0.1, 0.15) is 21.5 Å². The molecule has 0 N–H and O–H groups in total. The van der Waals surface area contributed by atoms with Gasteiger partial charge in [-0.1, -0.05) is 36.4 Å². The van der Waals surface area contributed by atoms with Crippen molar-refractivity contribution in [2.24, 2.45) is 0 Å². The molecular formula is C20H18O2. The molecule has 0 aliphatic heterocycles. The summed E-state index contributed by atoms with van der Waals surface area (Å²) < 4.78 is 4.76. The van der Waals surface area contributed by atoms with Crippen LogP contribution in [0.2, 0.25) is 0 Å². The Morgan fingerprint density at radius 1 is 0.773 bits per heavy atom. The van der Waals surface area contributed by atoms with Gasteiger partial charge in [0.25, 0.3) is 0 Å². The Hall–Kier alpha value is -2.61. The highest BCUT2D eigenvalue weighted by molar-refractivity contribution is 5.96. The highest BCUT2D eigenvalue weighted by Gasteiger charge is 2.07. The van der Waals surface area contributed by atoms with E-state index >= 15 is 0 Å². The summed E-state index contributed by atoms with van der Waals surface area (Å²) >= 11 is 0. The second-order valence-electron chi connectivity index (χ2n) is 5.57. The third-order valence-corrected chi connectivity index (χ3v) is 4.10. The van der Waals surface area contributed by atoms with E-state index in [9.17, 15) is 4.79 Å². The fourth-order valence-corrected chi connectivity index (χ4v) is 2.59. The average Bonchev–Trinajstić information content (AvgIpc) is 2.55. The number of hydrogen-bond donors (Lipinski definition) is 0. The van der Waals surface area contributed by atoms with Gasteiger partial charge >= 0.3 is 5.97 Å². The Labute approximate surface area is 130 Å². The van der Waals surface area contributed by atoms with Crippen LogP contribution in [0.5, 0.6) is 0 Å². The second kappa shape index (κ2) is 5.64. The number of esters is 1. The molecule has 0 heterocycles. The quantitative estimate of drug-likeness (QED) is 0.627. The maximum atomic E-state index is 11.6. The van der Waals surface area contributed by atoms with Crippen molar-refractivity contribution in [1.29, 1.82) is 0 Å². The third kappa shape index (κ3) is 2.60. The molecule has 0 aromatic heterocycles.